The van der Waals surface area contributed by atoms with Crippen molar-refractivity contribution in [3.63, 3.8) is 0 Å². The number of pyridine rings is 2. The highest BCUT2D eigenvalue weighted by Gasteiger charge is 2.20. The normalized spacial score (nSPS) is 11.3. The van der Waals surface area contributed by atoms with Crippen LogP contribution in [-0.2, 0) is 21.1 Å². The van der Waals surface area contributed by atoms with E-state index >= 15 is 0 Å². The van der Waals surface area contributed by atoms with E-state index in [2.05, 4.69) is 283 Å². The largest absolute Gasteiger partial charge is 0.249 e. The molecule has 0 saturated heterocycles. The van der Waals surface area contributed by atoms with Crippen LogP contribution in [0.5, 0.6) is 0 Å². The van der Waals surface area contributed by atoms with E-state index < -0.39 is 0 Å². The lowest BCUT2D eigenvalue weighted by molar-refractivity contribution is -0.660. The third-order valence-electron chi connectivity index (χ3n) is 12.9. The maximum absolute atomic E-state index is 2.39. The van der Waals surface area contributed by atoms with Crippen molar-refractivity contribution in [1.29, 1.82) is 0 Å². The molecule has 0 aliphatic rings. The van der Waals surface area contributed by atoms with Crippen molar-refractivity contribution in [3.8, 4) is 95.0 Å². The summed E-state index contributed by atoms with van der Waals surface area (Å²) in [5.41, 5.74) is 22.3. The van der Waals surface area contributed by atoms with Gasteiger partial charge in [0.25, 0.3) is 0 Å². The van der Waals surface area contributed by atoms with E-state index in [1.165, 1.54) is 72.5 Å². The van der Waals surface area contributed by atoms with Crippen molar-refractivity contribution < 1.29 is 13.7 Å². The molecule has 0 radical (unpaired) electrons. The molecule has 0 N–H and O–H groups in total. The number of hydrogen-bond donors (Lipinski definition) is 0. The molecule has 0 aliphatic heterocycles. The summed E-state index contributed by atoms with van der Waals surface area (Å²) in [7, 11) is 6.38. The van der Waals surface area contributed by atoms with E-state index in [0.29, 0.717) is 0 Å². The van der Waals surface area contributed by atoms with Gasteiger partial charge in [0.2, 0.25) is 17.7 Å². The first-order chi connectivity index (χ1) is 32.5. The molecule has 314 valence electrons. The fourth-order valence-electron chi connectivity index (χ4n) is 9.68. The quantitative estimate of drug-likeness (QED) is 0.129. The topological polar surface area (TPSA) is 16.6 Å². The number of nitrogens with zero attached hydrogens (tertiary/aromatic N) is 4. The van der Waals surface area contributed by atoms with Gasteiger partial charge in [-0.25, -0.2) is 13.7 Å². The predicted octanol–water partition coefficient (Wildman–Crippen LogP) is 13.4. The summed E-state index contributed by atoms with van der Waals surface area (Å²) in [6.45, 7) is 0. The van der Waals surface area contributed by atoms with E-state index in [4.69, 9.17) is 0 Å². The summed E-state index contributed by atoms with van der Waals surface area (Å²) >= 11 is 0. The zero-order valence-corrected chi connectivity index (χ0v) is 37.4. The average Bonchev–Trinajstić information content (AvgIpc) is 3.72. The monoisotopic (exact) mass is 849 g/mol. The number of rotatable bonds is 9. The van der Waals surface area contributed by atoms with Crippen LogP contribution in [0.25, 0.3) is 106 Å². The number of aryl methyl sites for hydroxylation is 3. The van der Waals surface area contributed by atoms with Crippen molar-refractivity contribution in [2.24, 2.45) is 21.1 Å². The summed E-state index contributed by atoms with van der Waals surface area (Å²) in [5, 5.41) is 0. The molecule has 0 aliphatic carbocycles. The number of imidazole rings is 1. The van der Waals surface area contributed by atoms with Gasteiger partial charge in [-0.1, -0.05) is 133 Å². The van der Waals surface area contributed by atoms with Gasteiger partial charge >= 0.3 is 0 Å². The van der Waals surface area contributed by atoms with Crippen LogP contribution in [0, 0.1) is 0 Å². The van der Waals surface area contributed by atoms with E-state index in [1.807, 2.05) is 0 Å². The minimum absolute atomic E-state index is 1.13. The molecule has 0 amide bonds. The Hall–Kier alpha value is -8.47. The maximum Gasteiger partial charge on any atom is 0.249 e. The molecule has 8 aromatic carbocycles. The van der Waals surface area contributed by atoms with Gasteiger partial charge in [-0.05, 0) is 134 Å². The van der Waals surface area contributed by atoms with Gasteiger partial charge in [-0.2, -0.15) is 4.57 Å². The smallest absolute Gasteiger partial charge is 0.232 e. The van der Waals surface area contributed by atoms with Gasteiger partial charge in [-0.15, -0.1) is 0 Å². The summed E-state index contributed by atoms with van der Waals surface area (Å²) in [6, 6.07) is 81.4. The maximum atomic E-state index is 2.39. The standard InChI is InChI=1S/C62H49N4/c1-63-41-47(32-36-59(63)45-18-6-4-7-19-45)54-23-11-14-26-57(54)50-38-49(39-51(40-50)58-27-15-12-24-55(58)48-33-37-60(64(2)42-48)46-20-8-5-9-21-46)56-25-13-10-22-53(56)44-30-34-52(35-31-44)66-43-65(3)61-28-16-17-29-62(61)66/h4-43H,1-3H3/q+3. The SMILES string of the molecule is C[n+]1cc(-c2ccccc2-c2cc(-c3ccccc3-c3ccc(-n4c[n+](C)c5ccccc54)cc3)cc(-c3ccccc3-c3ccc(-c4ccccc4)[n+](C)c3)c2)ccc1-c1ccccc1. The molecule has 11 rings (SSSR count). The highest BCUT2D eigenvalue weighted by atomic mass is 15.1. The second-order valence-corrected chi connectivity index (χ2v) is 17.1. The lowest BCUT2D eigenvalue weighted by atomic mass is 9.86. The van der Waals surface area contributed by atoms with E-state index in [-0.39, 0.29) is 0 Å². The van der Waals surface area contributed by atoms with Crippen molar-refractivity contribution in [1.82, 2.24) is 4.57 Å². The van der Waals surface area contributed by atoms with Crippen LogP contribution in [0.4, 0.5) is 0 Å². The summed E-state index contributed by atoms with van der Waals surface area (Å²) in [5.74, 6) is 0. The van der Waals surface area contributed by atoms with Crippen molar-refractivity contribution in [2.75, 3.05) is 0 Å². The number of aromatic nitrogens is 4. The van der Waals surface area contributed by atoms with Crippen LogP contribution in [0.2, 0.25) is 0 Å². The Morgan fingerprint density at radius 2 is 0.652 bits per heavy atom. The van der Waals surface area contributed by atoms with Crippen LogP contribution in [-0.4, -0.2) is 4.57 Å². The molecule has 3 aromatic heterocycles. The van der Waals surface area contributed by atoms with E-state index in [9.17, 15) is 0 Å². The second-order valence-electron chi connectivity index (χ2n) is 17.1. The molecular weight excluding hydrogens is 801 g/mol. The van der Waals surface area contributed by atoms with Crippen LogP contribution in [0.1, 0.15) is 0 Å². The number of hydrogen-bond acceptors (Lipinski definition) is 0. The van der Waals surface area contributed by atoms with Gasteiger partial charge in [0.15, 0.2) is 23.4 Å². The average molecular weight is 850 g/mol. The molecular formula is C62H49N4+3. The number of fused-ring (bicyclic) bond motifs is 1. The van der Waals surface area contributed by atoms with E-state index in [1.54, 1.807) is 0 Å². The van der Waals surface area contributed by atoms with Crippen molar-refractivity contribution in [2.45, 2.75) is 0 Å². The first-order valence-electron chi connectivity index (χ1n) is 22.6. The Balaban J connectivity index is 1.06. The van der Waals surface area contributed by atoms with Crippen LogP contribution < -0.4 is 13.7 Å². The number of para-hydroxylation sites is 2. The minimum atomic E-state index is 1.13. The van der Waals surface area contributed by atoms with E-state index in [0.717, 1.165) is 33.5 Å². The lowest BCUT2D eigenvalue weighted by Crippen LogP contribution is -2.30. The fourth-order valence-corrected chi connectivity index (χ4v) is 9.68. The third-order valence-corrected chi connectivity index (χ3v) is 12.9. The second kappa shape index (κ2) is 17.2. The molecule has 66 heavy (non-hydrogen) atoms. The molecule has 0 spiro atoms. The summed E-state index contributed by atoms with van der Waals surface area (Å²) in [4.78, 5) is 0. The highest BCUT2D eigenvalue weighted by Crippen LogP contribution is 2.42. The molecule has 3 heterocycles. The predicted molar refractivity (Wildman–Crippen MR) is 270 cm³/mol. The Morgan fingerprint density at radius 1 is 0.288 bits per heavy atom. The molecule has 4 nitrogen and oxygen atoms in total. The number of benzene rings is 8. The first kappa shape index (κ1) is 40.3. The highest BCUT2D eigenvalue weighted by molar-refractivity contribution is 5.94. The Labute approximate surface area is 386 Å². The van der Waals surface area contributed by atoms with Crippen LogP contribution in [0.15, 0.2) is 243 Å². The Kier molecular flexibility index (Phi) is 10.5. The molecule has 0 bridgehead atoms. The summed E-state index contributed by atoms with van der Waals surface area (Å²) < 4.78 is 8.92. The fraction of sp³-hybridized carbons (Fsp3) is 0.0484. The first-order valence-corrected chi connectivity index (χ1v) is 22.6. The van der Waals surface area contributed by atoms with Crippen molar-refractivity contribution >= 4 is 11.0 Å². The lowest BCUT2D eigenvalue weighted by Gasteiger charge is -2.17. The molecule has 11 aromatic rings. The minimum Gasteiger partial charge on any atom is -0.232 e. The van der Waals surface area contributed by atoms with Gasteiger partial charge in [0.05, 0.1) is 7.05 Å². The van der Waals surface area contributed by atoms with Gasteiger partial charge < -0.3 is 0 Å². The molecule has 0 unspecified atom stereocenters. The third kappa shape index (κ3) is 7.59. The zero-order valence-electron chi connectivity index (χ0n) is 37.4. The Morgan fingerprint density at radius 3 is 1.09 bits per heavy atom. The molecule has 0 atom stereocenters. The van der Waals surface area contributed by atoms with Crippen molar-refractivity contribution in [3.05, 3.63) is 243 Å². The Bertz CT molecular complexity index is 3400. The van der Waals surface area contributed by atoms with Crippen LogP contribution >= 0.6 is 0 Å². The molecule has 0 saturated carbocycles. The zero-order chi connectivity index (χ0) is 44.6. The summed E-state index contributed by atoms with van der Waals surface area (Å²) in [6.07, 6.45) is 6.68. The van der Waals surface area contributed by atoms with Gasteiger partial charge in [0.1, 0.15) is 19.8 Å². The van der Waals surface area contributed by atoms with Gasteiger partial charge in [-0.3, -0.25) is 0 Å². The molecule has 4 heteroatoms. The molecule has 0 fully saturated rings. The van der Waals surface area contributed by atoms with Gasteiger partial charge in [0, 0.05) is 34.4 Å². The van der Waals surface area contributed by atoms with Crippen LogP contribution in [0.3, 0.4) is 0 Å².